The lowest BCUT2D eigenvalue weighted by atomic mass is 10.1. The van der Waals surface area contributed by atoms with Crippen LogP contribution in [0.15, 0.2) is 42.5 Å². The van der Waals surface area contributed by atoms with Gasteiger partial charge in [-0.25, -0.2) is 0 Å². The van der Waals surface area contributed by atoms with Crippen LogP contribution in [0.25, 0.3) is 0 Å². The topological polar surface area (TPSA) is 58.2 Å². The third kappa shape index (κ3) is 3.36. The van der Waals surface area contributed by atoms with Crippen LogP contribution in [-0.4, -0.2) is 12.3 Å². The zero-order valence-corrected chi connectivity index (χ0v) is 11.6. The molecular weight excluding hydrogens is 276 g/mol. The van der Waals surface area contributed by atoms with E-state index in [0.29, 0.717) is 28.4 Å². The van der Waals surface area contributed by atoms with E-state index in [1.54, 1.807) is 36.4 Å². The zero-order chi connectivity index (χ0) is 14.5. The Morgan fingerprint density at radius 2 is 1.85 bits per heavy atom. The molecule has 0 heterocycles. The van der Waals surface area contributed by atoms with Crippen LogP contribution in [0.3, 0.4) is 0 Å². The van der Waals surface area contributed by atoms with Crippen LogP contribution in [0.4, 0.5) is 11.4 Å². The molecule has 0 atom stereocenters. The lowest BCUT2D eigenvalue weighted by molar-refractivity contribution is -0.105. The monoisotopic (exact) mass is 288 g/mol. The Morgan fingerprint density at radius 3 is 2.50 bits per heavy atom. The maximum atomic E-state index is 12.2. The Balaban J connectivity index is 2.24. The Labute approximate surface area is 121 Å². The van der Waals surface area contributed by atoms with Gasteiger partial charge in [0, 0.05) is 10.7 Å². The molecule has 2 N–H and O–H groups in total. The van der Waals surface area contributed by atoms with Crippen molar-refractivity contribution < 1.29 is 9.59 Å². The second kappa shape index (κ2) is 6.21. The first-order valence-electron chi connectivity index (χ1n) is 5.98. The fourth-order valence-corrected chi connectivity index (χ4v) is 1.90. The summed E-state index contributed by atoms with van der Waals surface area (Å²) in [6.45, 7) is 1.89. The summed E-state index contributed by atoms with van der Waals surface area (Å²) in [5.74, 6) is -0.295. The van der Waals surface area contributed by atoms with Crippen LogP contribution < -0.4 is 10.6 Å². The molecule has 0 spiro atoms. The molecule has 0 aliphatic heterocycles. The lowest BCUT2D eigenvalue weighted by Gasteiger charge is -2.10. The number of aryl methyl sites for hydroxylation is 1. The van der Waals surface area contributed by atoms with Crippen molar-refractivity contribution in [3.63, 3.8) is 0 Å². The number of amides is 2. The molecule has 2 aromatic carbocycles. The minimum atomic E-state index is -0.295. The van der Waals surface area contributed by atoms with E-state index in [0.717, 1.165) is 5.56 Å². The van der Waals surface area contributed by atoms with E-state index < -0.39 is 0 Å². The number of anilines is 2. The molecule has 4 nitrogen and oxygen atoms in total. The van der Waals surface area contributed by atoms with Crippen molar-refractivity contribution in [2.24, 2.45) is 0 Å². The van der Waals surface area contributed by atoms with E-state index >= 15 is 0 Å². The van der Waals surface area contributed by atoms with Gasteiger partial charge in [0.25, 0.3) is 5.91 Å². The molecule has 0 aromatic heterocycles. The molecule has 102 valence electrons. The van der Waals surface area contributed by atoms with Gasteiger partial charge in [-0.3, -0.25) is 9.59 Å². The molecule has 0 aliphatic carbocycles. The Hall–Kier alpha value is -2.33. The molecule has 0 aliphatic rings. The molecule has 5 heteroatoms. The van der Waals surface area contributed by atoms with Crippen LogP contribution in [-0.2, 0) is 4.79 Å². The predicted octanol–water partition coefficient (Wildman–Crippen LogP) is 3.47. The molecule has 2 aromatic rings. The van der Waals surface area contributed by atoms with E-state index in [2.05, 4.69) is 10.6 Å². The van der Waals surface area contributed by atoms with Gasteiger partial charge in [-0.15, -0.1) is 0 Å². The zero-order valence-electron chi connectivity index (χ0n) is 10.8. The first-order valence-corrected chi connectivity index (χ1v) is 6.35. The van der Waals surface area contributed by atoms with E-state index in [1.807, 2.05) is 13.0 Å². The highest BCUT2D eigenvalue weighted by Gasteiger charge is 2.11. The van der Waals surface area contributed by atoms with Crippen molar-refractivity contribution in [2.45, 2.75) is 6.92 Å². The fraction of sp³-hybridized carbons (Fsp3) is 0.0667. The largest absolute Gasteiger partial charge is 0.328 e. The molecule has 0 saturated carbocycles. The molecule has 2 amide bonds. The van der Waals surface area contributed by atoms with Crippen molar-refractivity contribution in [1.29, 1.82) is 0 Å². The summed E-state index contributed by atoms with van der Waals surface area (Å²) in [7, 11) is 0. The number of halogens is 1. The second-order valence-corrected chi connectivity index (χ2v) is 4.71. The minimum absolute atomic E-state index is 0.295. The quantitative estimate of drug-likeness (QED) is 0.846. The SMILES string of the molecule is Cc1ccc(C(=O)Nc2ccc(Cl)cc2)c(NC=O)c1. The average molecular weight is 289 g/mol. The fourth-order valence-electron chi connectivity index (χ4n) is 1.77. The van der Waals surface area contributed by atoms with Crippen LogP contribution >= 0.6 is 11.6 Å². The van der Waals surface area contributed by atoms with Gasteiger partial charge < -0.3 is 10.6 Å². The summed E-state index contributed by atoms with van der Waals surface area (Å²) in [5.41, 5.74) is 2.47. The Bertz CT molecular complexity index is 639. The van der Waals surface area contributed by atoms with Gasteiger partial charge in [0.1, 0.15) is 0 Å². The molecule has 0 unspecified atom stereocenters. The van der Waals surface area contributed by atoms with E-state index in [-0.39, 0.29) is 5.91 Å². The predicted molar refractivity (Wildman–Crippen MR) is 80.3 cm³/mol. The molecule has 0 radical (unpaired) electrons. The van der Waals surface area contributed by atoms with Crippen molar-refractivity contribution in [2.75, 3.05) is 10.6 Å². The molecule has 0 saturated heterocycles. The van der Waals surface area contributed by atoms with Crippen molar-refractivity contribution in [1.82, 2.24) is 0 Å². The molecule has 0 bridgehead atoms. The maximum Gasteiger partial charge on any atom is 0.257 e. The van der Waals surface area contributed by atoms with Gasteiger partial charge in [-0.2, -0.15) is 0 Å². The molecule has 20 heavy (non-hydrogen) atoms. The van der Waals surface area contributed by atoms with E-state index in [4.69, 9.17) is 11.6 Å². The van der Waals surface area contributed by atoms with Gasteiger partial charge in [-0.1, -0.05) is 17.7 Å². The number of carbonyl (C=O) groups is 2. The highest BCUT2D eigenvalue weighted by atomic mass is 35.5. The number of hydrogen-bond acceptors (Lipinski definition) is 2. The summed E-state index contributed by atoms with van der Waals surface area (Å²) < 4.78 is 0. The summed E-state index contributed by atoms with van der Waals surface area (Å²) >= 11 is 5.79. The van der Waals surface area contributed by atoms with Crippen LogP contribution in [0, 0.1) is 6.92 Å². The number of hydrogen-bond donors (Lipinski definition) is 2. The summed E-state index contributed by atoms with van der Waals surface area (Å²) in [4.78, 5) is 22.8. The summed E-state index contributed by atoms with van der Waals surface area (Å²) in [6.07, 6.45) is 0.549. The smallest absolute Gasteiger partial charge is 0.257 e. The first kappa shape index (κ1) is 14.1. The normalized spacial score (nSPS) is 9.90. The van der Waals surface area contributed by atoms with Crippen molar-refractivity contribution >= 4 is 35.3 Å². The van der Waals surface area contributed by atoms with Crippen LogP contribution in [0.5, 0.6) is 0 Å². The molecular formula is C15H13ClN2O2. The van der Waals surface area contributed by atoms with Gasteiger partial charge in [0.05, 0.1) is 11.3 Å². The van der Waals surface area contributed by atoms with Gasteiger partial charge in [0.15, 0.2) is 0 Å². The number of benzene rings is 2. The van der Waals surface area contributed by atoms with Gasteiger partial charge in [0.2, 0.25) is 6.41 Å². The average Bonchev–Trinajstić information content (AvgIpc) is 2.42. The third-order valence-corrected chi connectivity index (χ3v) is 2.99. The first-order chi connectivity index (χ1) is 9.60. The minimum Gasteiger partial charge on any atom is -0.328 e. The highest BCUT2D eigenvalue weighted by Crippen LogP contribution is 2.20. The van der Waals surface area contributed by atoms with Crippen molar-refractivity contribution in [3.8, 4) is 0 Å². The van der Waals surface area contributed by atoms with E-state index in [1.165, 1.54) is 0 Å². The molecule has 2 rings (SSSR count). The number of nitrogens with one attached hydrogen (secondary N) is 2. The van der Waals surface area contributed by atoms with Gasteiger partial charge in [-0.05, 0) is 48.9 Å². The third-order valence-electron chi connectivity index (χ3n) is 2.74. The van der Waals surface area contributed by atoms with Crippen molar-refractivity contribution in [3.05, 3.63) is 58.6 Å². The number of rotatable bonds is 4. The lowest BCUT2D eigenvalue weighted by Crippen LogP contribution is -2.14. The highest BCUT2D eigenvalue weighted by molar-refractivity contribution is 6.30. The summed E-state index contributed by atoms with van der Waals surface area (Å²) in [6, 6.07) is 12.0. The van der Waals surface area contributed by atoms with Crippen LogP contribution in [0.2, 0.25) is 5.02 Å². The molecule has 0 fully saturated rings. The Kier molecular flexibility index (Phi) is 4.38. The standard InChI is InChI=1S/C15H13ClN2O2/c1-10-2-7-13(14(8-10)17-9-19)15(20)18-12-5-3-11(16)4-6-12/h2-9H,1H3,(H,17,19)(H,18,20). The summed E-state index contributed by atoms with van der Waals surface area (Å²) in [5, 5.41) is 5.88. The Morgan fingerprint density at radius 1 is 1.15 bits per heavy atom. The maximum absolute atomic E-state index is 12.2. The van der Waals surface area contributed by atoms with Gasteiger partial charge >= 0.3 is 0 Å². The second-order valence-electron chi connectivity index (χ2n) is 4.27. The number of carbonyl (C=O) groups excluding carboxylic acids is 2. The van der Waals surface area contributed by atoms with E-state index in [9.17, 15) is 9.59 Å². The van der Waals surface area contributed by atoms with Crippen LogP contribution in [0.1, 0.15) is 15.9 Å².